The molecule has 2 nitrogen and oxygen atoms in total. The molecule has 0 amide bonds. The zero-order valence-corrected chi connectivity index (χ0v) is 8.22. The molecule has 3 heteroatoms. The monoisotopic (exact) mass is 195 g/mol. The van der Waals surface area contributed by atoms with Crippen molar-refractivity contribution in [3.05, 3.63) is 23.5 Å². The van der Waals surface area contributed by atoms with E-state index in [0.717, 1.165) is 12.8 Å². The van der Waals surface area contributed by atoms with Crippen LogP contribution in [0, 0.1) is 5.82 Å². The zero-order chi connectivity index (χ0) is 10.1. The van der Waals surface area contributed by atoms with Crippen molar-refractivity contribution in [2.75, 3.05) is 5.73 Å². The number of halogens is 1. The maximum atomic E-state index is 13.4. The summed E-state index contributed by atoms with van der Waals surface area (Å²) < 4.78 is 18.8. The Bertz CT molecular complexity index is 347. The van der Waals surface area contributed by atoms with Crippen LogP contribution in [0.3, 0.4) is 0 Å². The van der Waals surface area contributed by atoms with Gasteiger partial charge in [0.05, 0.1) is 11.8 Å². The first kappa shape index (κ1) is 9.31. The molecule has 2 N–H and O–H groups in total. The molecule has 1 aromatic rings. The number of benzene rings is 1. The van der Waals surface area contributed by atoms with E-state index in [1.54, 1.807) is 6.07 Å². The SMILES string of the molecule is CCc1cc(N)c(OC2CC2)cc1F. The van der Waals surface area contributed by atoms with Gasteiger partial charge in [0, 0.05) is 6.07 Å². The molecule has 1 aliphatic carbocycles. The summed E-state index contributed by atoms with van der Waals surface area (Å²) in [5.74, 6) is 0.263. The first-order valence-corrected chi connectivity index (χ1v) is 4.95. The summed E-state index contributed by atoms with van der Waals surface area (Å²) in [5.41, 5.74) is 6.93. The summed E-state index contributed by atoms with van der Waals surface area (Å²) in [7, 11) is 0. The standard InChI is InChI=1S/C11H14FNO/c1-2-7-5-10(13)11(6-9(7)12)14-8-3-4-8/h5-6,8H,2-4,13H2,1H3. The van der Waals surface area contributed by atoms with Crippen LogP contribution in [0.25, 0.3) is 0 Å². The minimum Gasteiger partial charge on any atom is -0.488 e. The minimum absolute atomic E-state index is 0.225. The van der Waals surface area contributed by atoms with E-state index in [1.807, 2.05) is 6.92 Å². The minimum atomic E-state index is -0.225. The maximum absolute atomic E-state index is 13.4. The number of nitrogens with two attached hydrogens (primary N) is 1. The van der Waals surface area contributed by atoms with Crippen LogP contribution in [0.4, 0.5) is 10.1 Å². The van der Waals surface area contributed by atoms with Crippen molar-refractivity contribution in [2.24, 2.45) is 0 Å². The van der Waals surface area contributed by atoms with Gasteiger partial charge >= 0.3 is 0 Å². The molecule has 0 bridgehead atoms. The molecular formula is C11H14FNO. The predicted molar refractivity (Wildman–Crippen MR) is 53.8 cm³/mol. The fourth-order valence-corrected chi connectivity index (χ4v) is 1.36. The van der Waals surface area contributed by atoms with Gasteiger partial charge in [-0.15, -0.1) is 0 Å². The molecule has 1 aromatic carbocycles. The molecule has 0 radical (unpaired) electrons. The van der Waals surface area contributed by atoms with Crippen molar-refractivity contribution in [3.63, 3.8) is 0 Å². The number of rotatable bonds is 3. The van der Waals surface area contributed by atoms with Crippen molar-refractivity contribution >= 4 is 5.69 Å². The van der Waals surface area contributed by atoms with E-state index < -0.39 is 0 Å². The van der Waals surface area contributed by atoms with Gasteiger partial charge in [-0.3, -0.25) is 0 Å². The summed E-state index contributed by atoms with van der Waals surface area (Å²) >= 11 is 0. The average molecular weight is 195 g/mol. The summed E-state index contributed by atoms with van der Waals surface area (Å²) in [6.45, 7) is 1.90. The van der Waals surface area contributed by atoms with Crippen LogP contribution < -0.4 is 10.5 Å². The van der Waals surface area contributed by atoms with Crippen molar-refractivity contribution in [3.8, 4) is 5.75 Å². The quantitative estimate of drug-likeness (QED) is 0.752. The third kappa shape index (κ3) is 1.81. The molecule has 1 aliphatic rings. The van der Waals surface area contributed by atoms with Crippen LogP contribution in [0.5, 0.6) is 5.75 Å². The van der Waals surface area contributed by atoms with Crippen LogP contribution in [-0.2, 0) is 6.42 Å². The molecule has 1 fully saturated rings. The first-order valence-electron chi connectivity index (χ1n) is 4.95. The average Bonchev–Trinajstić information content (AvgIpc) is 2.94. The van der Waals surface area contributed by atoms with Gasteiger partial charge in [-0.25, -0.2) is 4.39 Å². The largest absolute Gasteiger partial charge is 0.488 e. The van der Waals surface area contributed by atoms with E-state index >= 15 is 0 Å². The highest BCUT2D eigenvalue weighted by atomic mass is 19.1. The molecule has 0 spiro atoms. The summed E-state index contributed by atoms with van der Waals surface area (Å²) in [5, 5.41) is 0. The fraction of sp³-hybridized carbons (Fsp3) is 0.455. The van der Waals surface area contributed by atoms with Crippen LogP contribution in [0.2, 0.25) is 0 Å². The summed E-state index contributed by atoms with van der Waals surface area (Å²) in [6.07, 6.45) is 3.01. The van der Waals surface area contributed by atoms with Crippen LogP contribution in [0.15, 0.2) is 12.1 Å². The molecule has 14 heavy (non-hydrogen) atoms. The van der Waals surface area contributed by atoms with Gasteiger partial charge in [-0.1, -0.05) is 6.92 Å². The normalized spacial score (nSPS) is 15.6. The topological polar surface area (TPSA) is 35.2 Å². The van der Waals surface area contributed by atoms with Crippen LogP contribution in [0.1, 0.15) is 25.3 Å². The first-order chi connectivity index (χ1) is 6.70. The number of hydrogen-bond donors (Lipinski definition) is 1. The molecule has 0 heterocycles. The lowest BCUT2D eigenvalue weighted by Gasteiger charge is -2.09. The van der Waals surface area contributed by atoms with E-state index in [9.17, 15) is 4.39 Å². The lowest BCUT2D eigenvalue weighted by Crippen LogP contribution is -2.02. The molecule has 0 atom stereocenters. The highest BCUT2D eigenvalue weighted by Gasteiger charge is 2.24. The van der Waals surface area contributed by atoms with Gasteiger partial charge in [0.15, 0.2) is 0 Å². The Morgan fingerprint density at radius 2 is 2.21 bits per heavy atom. The van der Waals surface area contributed by atoms with Gasteiger partial charge < -0.3 is 10.5 Å². The fourth-order valence-electron chi connectivity index (χ4n) is 1.36. The molecule has 0 aliphatic heterocycles. The lowest BCUT2D eigenvalue weighted by atomic mass is 10.1. The second kappa shape index (κ2) is 3.48. The molecule has 2 rings (SSSR count). The summed E-state index contributed by atoms with van der Waals surface area (Å²) in [4.78, 5) is 0. The Hall–Kier alpha value is -1.25. The number of ether oxygens (including phenoxy) is 1. The van der Waals surface area contributed by atoms with Crippen molar-refractivity contribution in [2.45, 2.75) is 32.3 Å². The Kier molecular flexibility index (Phi) is 2.32. The van der Waals surface area contributed by atoms with E-state index in [0.29, 0.717) is 23.4 Å². The highest BCUT2D eigenvalue weighted by molar-refractivity contribution is 5.55. The Morgan fingerprint density at radius 1 is 1.50 bits per heavy atom. The van der Waals surface area contributed by atoms with Crippen LogP contribution >= 0.6 is 0 Å². The molecule has 76 valence electrons. The van der Waals surface area contributed by atoms with E-state index in [-0.39, 0.29) is 11.9 Å². The van der Waals surface area contributed by atoms with E-state index in [1.165, 1.54) is 6.07 Å². The van der Waals surface area contributed by atoms with Gasteiger partial charge in [-0.2, -0.15) is 0 Å². The molecule has 1 saturated carbocycles. The smallest absolute Gasteiger partial charge is 0.145 e. The van der Waals surface area contributed by atoms with Gasteiger partial charge in [-0.05, 0) is 30.9 Å². The second-order valence-electron chi connectivity index (χ2n) is 3.65. The third-order valence-electron chi connectivity index (χ3n) is 2.38. The highest BCUT2D eigenvalue weighted by Crippen LogP contribution is 2.32. The maximum Gasteiger partial charge on any atom is 0.145 e. The number of anilines is 1. The Balaban J connectivity index is 2.26. The van der Waals surface area contributed by atoms with Crippen LogP contribution in [-0.4, -0.2) is 6.10 Å². The lowest BCUT2D eigenvalue weighted by molar-refractivity contribution is 0.303. The predicted octanol–water partition coefficient (Wildman–Crippen LogP) is 2.51. The van der Waals surface area contributed by atoms with Crippen molar-refractivity contribution < 1.29 is 9.13 Å². The Morgan fingerprint density at radius 3 is 2.79 bits per heavy atom. The van der Waals surface area contributed by atoms with Gasteiger partial charge in [0.1, 0.15) is 11.6 Å². The molecule has 0 saturated heterocycles. The number of hydrogen-bond acceptors (Lipinski definition) is 2. The van der Waals surface area contributed by atoms with Crippen molar-refractivity contribution in [1.29, 1.82) is 0 Å². The van der Waals surface area contributed by atoms with E-state index in [4.69, 9.17) is 10.5 Å². The van der Waals surface area contributed by atoms with Crippen molar-refractivity contribution in [1.82, 2.24) is 0 Å². The van der Waals surface area contributed by atoms with Gasteiger partial charge in [0.25, 0.3) is 0 Å². The third-order valence-corrected chi connectivity index (χ3v) is 2.38. The van der Waals surface area contributed by atoms with E-state index in [2.05, 4.69) is 0 Å². The summed E-state index contributed by atoms with van der Waals surface area (Å²) in [6, 6.07) is 3.06. The second-order valence-corrected chi connectivity index (χ2v) is 3.65. The number of aryl methyl sites for hydroxylation is 1. The van der Waals surface area contributed by atoms with Gasteiger partial charge in [0.2, 0.25) is 0 Å². The molecular weight excluding hydrogens is 181 g/mol. The molecule has 0 unspecified atom stereocenters. The number of nitrogen functional groups attached to an aromatic ring is 1. The zero-order valence-electron chi connectivity index (χ0n) is 8.22. The Labute approximate surface area is 82.9 Å². The molecule has 0 aromatic heterocycles.